The number of aromatic nitrogens is 2. The van der Waals surface area contributed by atoms with Crippen LogP contribution in [0.3, 0.4) is 0 Å². The van der Waals surface area contributed by atoms with Crippen molar-refractivity contribution in [3.8, 4) is 16.8 Å². The summed E-state index contributed by atoms with van der Waals surface area (Å²) in [6.45, 7) is 0. The van der Waals surface area contributed by atoms with Crippen LogP contribution >= 0.6 is 0 Å². The van der Waals surface area contributed by atoms with E-state index in [0.29, 0.717) is 5.92 Å². The molecule has 0 N–H and O–H groups in total. The molecule has 2 aromatic heterocycles. The monoisotopic (exact) mass is 534 g/mol. The quantitative estimate of drug-likeness (QED) is 0.213. The number of fused-ring (bicyclic) bond motifs is 7. The average Bonchev–Trinajstić information content (AvgIpc) is 3.57. The molecule has 0 amide bonds. The number of hydrogen-bond donors (Lipinski definition) is 0. The maximum Gasteiger partial charge on any atom is 0.0552 e. The Kier molecular flexibility index (Phi) is 4.97. The van der Waals surface area contributed by atoms with Crippen molar-refractivity contribution in [2.45, 2.75) is 6.42 Å². The van der Waals surface area contributed by atoms with Crippen molar-refractivity contribution < 1.29 is 0 Å². The lowest BCUT2D eigenvalue weighted by Crippen LogP contribution is -2.10. The summed E-state index contributed by atoms with van der Waals surface area (Å²) in [5.74, 6) is 0.436. The molecule has 0 bridgehead atoms. The molecule has 2 aliphatic carbocycles. The van der Waals surface area contributed by atoms with Gasteiger partial charge in [0.15, 0.2) is 0 Å². The van der Waals surface area contributed by atoms with Crippen molar-refractivity contribution in [1.29, 1.82) is 0 Å². The van der Waals surface area contributed by atoms with E-state index in [1.165, 1.54) is 66.0 Å². The first-order chi connectivity index (χ1) is 20.8. The van der Waals surface area contributed by atoms with E-state index >= 15 is 0 Å². The average molecular weight is 535 g/mol. The Hall–Kier alpha value is -5.52. The highest BCUT2D eigenvalue weighted by Gasteiger charge is 2.21. The van der Waals surface area contributed by atoms with Crippen LogP contribution < -0.4 is 0 Å². The Balaban J connectivity index is 1.23. The van der Waals surface area contributed by atoms with E-state index in [1.54, 1.807) is 0 Å². The maximum atomic E-state index is 3.13. The fourth-order valence-electron chi connectivity index (χ4n) is 6.99. The fraction of sp³-hybridized carbons (Fsp3) is 0.0500. The molecule has 42 heavy (non-hydrogen) atoms. The number of allylic oxidation sites excluding steroid dienone is 8. The fourth-order valence-corrected chi connectivity index (χ4v) is 6.99. The summed E-state index contributed by atoms with van der Waals surface area (Å²) in [5.41, 5.74) is 11.2. The van der Waals surface area contributed by atoms with Crippen molar-refractivity contribution in [1.82, 2.24) is 9.13 Å². The lowest BCUT2D eigenvalue weighted by Gasteiger charge is -2.24. The van der Waals surface area contributed by atoms with Gasteiger partial charge in [-0.1, -0.05) is 91.0 Å². The van der Waals surface area contributed by atoms with Gasteiger partial charge >= 0.3 is 0 Å². The summed E-state index contributed by atoms with van der Waals surface area (Å²) in [5, 5.41) is 5.08. The van der Waals surface area contributed by atoms with Gasteiger partial charge in [-0.25, -0.2) is 0 Å². The van der Waals surface area contributed by atoms with Crippen LogP contribution in [0.15, 0.2) is 145 Å². The summed E-state index contributed by atoms with van der Waals surface area (Å²) in [7, 11) is 0. The number of para-hydroxylation sites is 2. The van der Waals surface area contributed by atoms with Crippen molar-refractivity contribution in [3.05, 3.63) is 157 Å². The zero-order valence-corrected chi connectivity index (χ0v) is 23.0. The van der Waals surface area contributed by atoms with Gasteiger partial charge in [0.05, 0.1) is 27.8 Å². The summed E-state index contributed by atoms with van der Waals surface area (Å²) in [4.78, 5) is 0. The molecule has 5 aromatic carbocycles. The number of nitrogens with zero attached hydrogens (tertiary/aromatic N) is 2. The summed E-state index contributed by atoms with van der Waals surface area (Å²) >= 11 is 0. The van der Waals surface area contributed by atoms with E-state index in [-0.39, 0.29) is 0 Å². The molecule has 2 nitrogen and oxygen atoms in total. The van der Waals surface area contributed by atoms with Crippen molar-refractivity contribution >= 4 is 49.3 Å². The molecule has 2 heteroatoms. The molecule has 0 aliphatic heterocycles. The molecular weight excluding hydrogens is 508 g/mol. The van der Waals surface area contributed by atoms with Crippen LogP contribution in [-0.4, -0.2) is 9.13 Å². The van der Waals surface area contributed by atoms with Gasteiger partial charge in [0.1, 0.15) is 0 Å². The third-order valence-electron chi connectivity index (χ3n) is 8.93. The van der Waals surface area contributed by atoms with Gasteiger partial charge in [0.2, 0.25) is 0 Å². The molecule has 9 rings (SSSR count). The van der Waals surface area contributed by atoms with Crippen LogP contribution in [0.25, 0.3) is 66.1 Å². The molecule has 0 radical (unpaired) electrons. The van der Waals surface area contributed by atoms with Crippen molar-refractivity contribution in [2.24, 2.45) is 5.92 Å². The van der Waals surface area contributed by atoms with E-state index in [9.17, 15) is 0 Å². The van der Waals surface area contributed by atoms with Gasteiger partial charge in [-0.3, -0.25) is 0 Å². The topological polar surface area (TPSA) is 9.86 Å². The minimum atomic E-state index is 0.436. The lowest BCUT2D eigenvalue weighted by molar-refractivity contribution is 0.770. The molecule has 0 spiro atoms. The lowest BCUT2D eigenvalue weighted by atomic mass is 9.86. The molecule has 2 aliphatic rings. The Morgan fingerprint density at radius 1 is 0.595 bits per heavy atom. The predicted molar refractivity (Wildman–Crippen MR) is 176 cm³/mol. The smallest absolute Gasteiger partial charge is 0.0552 e. The van der Waals surface area contributed by atoms with Gasteiger partial charge in [-0.2, -0.15) is 0 Å². The Morgan fingerprint density at radius 2 is 1.26 bits per heavy atom. The third-order valence-corrected chi connectivity index (χ3v) is 8.93. The van der Waals surface area contributed by atoms with Crippen molar-refractivity contribution in [2.75, 3.05) is 0 Å². The molecule has 2 heterocycles. The molecule has 0 saturated carbocycles. The Labute approximate surface area is 244 Å². The van der Waals surface area contributed by atoms with Gasteiger partial charge in [-0.15, -0.1) is 0 Å². The van der Waals surface area contributed by atoms with Crippen LogP contribution in [0.4, 0.5) is 0 Å². The Bertz CT molecular complexity index is 2320. The minimum absolute atomic E-state index is 0.436. The summed E-state index contributed by atoms with van der Waals surface area (Å²) in [6.07, 6.45) is 14.5. The molecule has 0 fully saturated rings. The Morgan fingerprint density at radius 3 is 1.98 bits per heavy atom. The second-order valence-corrected chi connectivity index (χ2v) is 11.2. The highest BCUT2D eigenvalue weighted by atomic mass is 15.0. The first-order valence-electron chi connectivity index (χ1n) is 14.5. The van der Waals surface area contributed by atoms with Crippen molar-refractivity contribution in [3.63, 3.8) is 0 Å². The molecular formula is C40H26N2. The first kappa shape index (κ1) is 23.2. The number of rotatable bonds is 3. The molecule has 0 saturated heterocycles. The maximum absolute atomic E-state index is 3.13. The SMILES string of the molecule is c1ccc(-n2c3ccccc3c3cc(-c4ccc5c(c4)c4ccccc4n5C4=CC=C5C=CC=CC5C4)ccc32)cc#1. The van der Waals surface area contributed by atoms with Crippen LogP contribution in [0.2, 0.25) is 0 Å². The second-order valence-electron chi connectivity index (χ2n) is 11.2. The normalized spacial score (nSPS) is 16.1. The highest BCUT2D eigenvalue weighted by molar-refractivity contribution is 6.13. The van der Waals surface area contributed by atoms with E-state index in [2.05, 4.69) is 149 Å². The third kappa shape index (κ3) is 3.41. The van der Waals surface area contributed by atoms with Crippen LogP contribution in [0.1, 0.15) is 6.42 Å². The predicted octanol–water partition coefficient (Wildman–Crippen LogP) is 10.1. The zero-order valence-electron chi connectivity index (χ0n) is 23.0. The van der Waals surface area contributed by atoms with E-state index in [1.807, 2.05) is 12.1 Å². The molecule has 1 atom stereocenters. The van der Waals surface area contributed by atoms with Gasteiger partial charge < -0.3 is 9.13 Å². The highest BCUT2D eigenvalue weighted by Crippen LogP contribution is 2.40. The number of benzene rings is 4. The van der Waals surface area contributed by atoms with E-state index in [0.717, 1.165) is 12.1 Å². The second kappa shape index (κ2) is 8.99. The van der Waals surface area contributed by atoms with Crippen LogP contribution in [0.5, 0.6) is 0 Å². The summed E-state index contributed by atoms with van der Waals surface area (Å²) < 4.78 is 4.80. The molecule has 1 unspecified atom stereocenters. The number of hydrogen-bond acceptors (Lipinski definition) is 0. The minimum Gasteiger partial charge on any atom is -0.313 e. The van der Waals surface area contributed by atoms with Crippen LogP contribution in [-0.2, 0) is 0 Å². The van der Waals surface area contributed by atoms with Gasteiger partial charge in [0.25, 0.3) is 0 Å². The van der Waals surface area contributed by atoms with Gasteiger partial charge in [-0.05, 0) is 77.7 Å². The molecule has 7 aromatic rings. The van der Waals surface area contributed by atoms with Crippen LogP contribution in [0, 0.1) is 18.1 Å². The zero-order chi connectivity index (χ0) is 27.6. The van der Waals surface area contributed by atoms with E-state index in [4.69, 9.17) is 0 Å². The standard InChI is InChI=1S/C40H26N2/c1-2-12-31(13-3-1)41-37-16-8-6-14-33(37)35-25-29(19-22-39(35)41)30-20-23-40-36(26-30)34-15-7-9-17-38(34)42(40)32-21-18-27-10-4-5-11-28(27)24-32/h2,4-23,25-26,28H,24H2. The van der Waals surface area contributed by atoms with Gasteiger partial charge in [0, 0.05) is 39.2 Å². The van der Waals surface area contributed by atoms with E-state index < -0.39 is 0 Å². The first-order valence-corrected chi connectivity index (χ1v) is 14.5. The molecule has 196 valence electrons. The largest absolute Gasteiger partial charge is 0.313 e. The summed E-state index contributed by atoms with van der Waals surface area (Å²) in [6, 6.07) is 43.5.